The van der Waals surface area contributed by atoms with E-state index < -0.39 is 10.8 Å². The van der Waals surface area contributed by atoms with Crippen LogP contribution >= 0.6 is 24.0 Å². The first-order valence-electron chi connectivity index (χ1n) is 9.83. The van der Waals surface area contributed by atoms with E-state index in [-0.39, 0.29) is 29.9 Å². The van der Waals surface area contributed by atoms with Crippen LogP contribution in [0.4, 0.5) is 0 Å². The minimum absolute atomic E-state index is 0. The summed E-state index contributed by atoms with van der Waals surface area (Å²) >= 11 is 0. The quantitative estimate of drug-likeness (QED) is 0.197. The van der Waals surface area contributed by atoms with Crippen LogP contribution in [0.2, 0.25) is 0 Å². The second-order valence-corrected chi connectivity index (χ2v) is 9.01. The highest BCUT2D eigenvalue weighted by molar-refractivity contribution is 14.0. The van der Waals surface area contributed by atoms with Crippen LogP contribution in [0.3, 0.4) is 0 Å². The number of aliphatic imine (C=N–C) groups is 1. The number of nitrogens with one attached hydrogen (secondary N) is 3. The maximum absolute atomic E-state index is 12.1. The van der Waals surface area contributed by atoms with Gasteiger partial charge in [-0.2, -0.15) is 0 Å². The average Bonchev–Trinajstić information content (AvgIpc) is 3.42. The molecule has 8 heteroatoms. The number of hydrogen-bond donors (Lipinski definition) is 3. The number of hydrogen-bond acceptors (Lipinski definition) is 3. The number of guanidine groups is 1. The highest BCUT2D eigenvalue weighted by Crippen LogP contribution is 2.23. The number of amides is 1. The summed E-state index contributed by atoms with van der Waals surface area (Å²) in [6.07, 6.45) is 7.81. The Morgan fingerprint density at radius 3 is 2.54 bits per heavy atom. The summed E-state index contributed by atoms with van der Waals surface area (Å²) in [6.45, 7) is 5.50. The Bertz CT molecular complexity index is 486. The second-order valence-electron chi connectivity index (χ2n) is 7.01. The molecule has 0 aromatic rings. The van der Waals surface area contributed by atoms with Gasteiger partial charge in [0.1, 0.15) is 0 Å². The van der Waals surface area contributed by atoms with E-state index in [1.165, 1.54) is 0 Å². The molecule has 3 atom stereocenters. The predicted octanol–water partition coefficient (Wildman–Crippen LogP) is 2.30. The summed E-state index contributed by atoms with van der Waals surface area (Å²) in [5, 5.41) is 10.1. The lowest BCUT2D eigenvalue weighted by Gasteiger charge is -2.30. The van der Waals surface area contributed by atoms with Crippen LogP contribution in [0.25, 0.3) is 0 Å². The molecule has 26 heavy (non-hydrogen) atoms. The monoisotopic (exact) mass is 498 g/mol. The Balaban J connectivity index is 0.00000338. The molecule has 3 unspecified atom stereocenters. The van der Waals surface area contributed by atoms with Crippen LogP contribution in [0.1, 0.15) is 65.2 Å². The Labute approximate surface area is 177 Å². The van der Waals surface area contributed by atoms with Gasteiger partial charge in [-0.1, -0.05) is 13.3 Å². The van der Waals surface area contributed by atoms with Crippen molar-refractivity contribution in [2.45, 2.75) is 82.5 Å². The number of nitrogens with zero attached hydrogens (tertiary/aromatic N) is 1. The summed E-state index contributed by atoms with van der Waals surface area (Å²) in [5.41, 5.74) is 0. The van der Waals surface area contributed by atoms with Gasteiger partial charge in [-0.3, -0.25) is 14.0 Å². The van der Waals surface area contributed by atoms with Crippen molar-refractivity contribution in [3.8, 4) is 0 Å². The maximum atomic E-state index is 12.1. The van der Waals surface area contributed by atoms with Gasteiger partial charge in [0.05, 0.1) is 0 Å². The molecule has 0 heterocycles. The molecule has 0 aliphatic heterocycles. The summed E-state index contributed by atoms with van der Waals surface area (Å²) < 4.78 is 12.1. The summed E-state index contributed by atoms with van der Waals surface area (Å²) in [6, 6.07) is 0.771. The predicted molar refractivity (Wildman–Crippen MR) is 120 cm³/mol. The molecule has 2 saturated carbocycles. The molecular formula is C18H35IN4O2S. The van der Waals surface area contributed by atoms with Crippen molar-refractivity contribution in [1.82, 2.24) is 16.0 Å². The topological polar surface area (TPSA) is 82.6 Å². The van der Waals surface area contributed by atoms with Gasteiger partial charge >= 0.3 is 0 Å². The van der Waals surface area contributed by atoms with Gasteiger partial charge in [0.2, 0.25) is 5.91 Å². The van der Waals surface area contributed by atoms with Crippen molar-refractivity contribution in [1.29, 1.82) is 0 Å². The maximum Gasteiger partial charge on any atom is 0.220 e. The smallest absolute Gasteiger partial charge is 0.220 e. The van der Waals surface area contributed by atoms with E-state index in [0.717, 1.165) is 63.2 Å². The lowest BCUT2D eigenvalue weighted by atomic mass is 9.95. The molecule has 152 valence electrons. The Kier molecular flexibility index (Phi) is 11.7. The Hall–Kier alpha value is -0.380. The molecule has 0 saturated heterocycles. The minimum atomic E-state index is -0.709. The number of rotatable bonds is 9. The largest absolute Gasteiger partial charge is 0.357 e. The van der Waals surface area contributed by atoms with E-state index in [4.69, 9.17) is 0 Å². The summed E-state index contributed by atoms with van der Waals surface area (Å²) in [4.78, 5) is 16.3. The van der Waals surface area contributed by atoms with Crippen molar-refractivity contribution < 1.29 is 9.00 Å². The normalized spacial score (nSPS) is 24.3. The molecule has 0 spiro atoms. The van der Waals surface area contributed by atoms with Gasteiger partial charge in [0, 0.05) is 53.4 Å². The van der Waals surface area contributed by atoms with E-state index >= 15 is 0 Å². The van der Waals surface area contributed by atoms with Gasteiger partial charge < -0.3 is 16.0 Å². The van der Waals surface area contributed by atoms with Crippen LogP contribution in [0, 0.1) is 0 Å². The first kappa shape index (κ1) is 23.7. The van der Waals surface area contributed by atoms with Crippen LogP contribution in [-0.2, 0) is 15.6 Å². The van der Waals surface area contributed by atoms with Crippen LogP contribution < -0.4 is 16.0 Å². The standard InChI is InChI=1S/C18H34N4O2S.HI/c1-3-19-18(20-12-6-9-17(23)21-14-10-11-14)22-15-7-5-8-16(13-15)25(24)4-2;/h14-16H,3-13H2,1-2H3,(H,21,23)(H2,19,20,22);1H. The van der Waals surface area contributed by atoms with E-state index in [1.54, 1.807) is 0 Å². The van der Waals surface area contributed by atoms with Gasteiger partial charge in [-0.05, 0) is 45.4 Å². The van der Waals surface area contributed by atoms with E-state index in [9.17, 15) is 9.00 Å². The molecule has 6 nitrogen and oxygen atoms in total. The van der Waals surface area contributed by atoms with Crippen molar-refractivity contribution in [2.24, 2.45) is 4.99 Å². The number of halogens is 1. The third-order valence-electron chi connectivity index (χ3n) is 4.74. The molecule has 0 bridgehead atoms. The lowest BCUT2D eigenvalue weighted by molar-refractivity contribution is -0.121. The molecule has 2 aliphatic rings. The lowest BCUT2D eigenvalue weighted by Crippen LogP contribution is -2.46. The van der Waals surface area contributed by atoms with Crippen molar-refractivity contribution in [3.05, 3.63) is 0 Å². The zero-order chi connectivity index (χ0) is 18.1. The zero-order valence-electron chi connectivity index (χ0n) is 16.1. The van der Waals surface area contributed by atoms with Gasteiger partial charge in [0.15, 0.2) is 5.96 Å². The number of carbonyl (C=O) groups is 1. The van der Waals surface area contributed by atoms with Crippen LogP contribution in [0.5, 0.6) is 0 Å². The molecule has 0 radical (unpaired) electrons. The molecule has 1 amide bonds. The van der Waals surface area contributed by atoms with E-state index in [1.807, 2.05) is 6.92 Å². The number of carbonyl (C=O) groups excluding carboxylic acids is 1. The highest BCUT2D eigenvalue weighted by atomic mass is 127. The molecule has 3 N–H and O–H groups in total. The molecule has 2 rings (SSSR count). The van der Waals surface area contributed by atoms with Gasteiger partial charge in [-0.15, -0.1) is 24.0 Å². The Morgan fingerprint density at radius 2 is 1.88 bits per heavy atom. The molecule has 2 aliphatic carbocycles. The van der Waals surface area contributed by atoms with Crippen molar-refractivity contribution >= 4 is 46.6 Å². The zero-order valence-corrected chi connectivity index (χ0v) is 19.2. The van der Waals surface area contributed by atoms with Crippen LogP contribution in [0.15, 0.2) is 4.99 Å². The summed E-state index contributed by atoms with van der Waals surface area (Å²) in [7, 11) is -0.709. The molecule has 0 aromatic carbocycles. The third-order valence-corrected chi connectivity index (χ3v) is 6.48. The average molecular weight is 498 g/mol. The van der Waals surface area contributed by atoms with Gasteiger partial charge in [0.25, 0.3) is 0 Å². The molecule has 2 fully saturated rings. The highest BCUT2D eigenvalue weighted by Gasteiger charge is 2.26. The fourth-order valence-electron chi connectivity index (χ4n) is 3.22. The van der Waals surface area contributed by atoms with E-state index in [2.05, 4.69) is 27.9 Å². The van der Waals surface area contributed by atoms with Crippen LogP contribution in [-0.4, -0.2) is 52.3 Å². The first-order valence-corrected chi connectivity index (χ1v) is 11.2. The second kappa shape index (κ2) is 12.9. The Morgan fingerprint density at radius 1 is 1.12 bits per heavy atom. The molecular weight excluding hydrogens is 463 g/mol. The van der Waals surface area contributed by atoms with Crippen molar-refractivity contribution in [2.75, 3.05) is 18.8 Å². The first-order chi connectivity index (χ1) is 12.1. The summed E-state index contributed by atoms with van der Waals surface area (Å²) in [5.74, 6) is 1.71. The third kappa shape index (κ3) is 9.01. The minimum Gasteiger partial charge on any atom is -0.357 e. The van der Waals surface area contributed by atoms with Crippen molar-refractivity contribution in [3.63, 3.8) is 0 Å². The fourth-order valence-corrected chi connectivity index (χ4v) is 4.57. The fraction of sp³-hybridized carbons (Fsp3) is 0.889. The molecule has 0 aromatic heterocycles. The van der Waals surface area contributed by atoms with E-state index in [0.29, 0.717) is 30.3 Å². The SMILES string of the molecule is CCNC(=NCCCC(=O)NC1CC1)NC1CCCC(S(=O)CC)C1.I. The van der Waals surface area contributed by atoms with Gasteiger partial charge in [-0.25, -0.2) is 0 Å².